The molecule has 0 unspecified atom stereocenters. The van der Waals surface area contributed by atoms with E-state index in [1.807, 2.05) is 12.2 Å². The molecule has 2 fully saturated rings. The molecule has 2 atom stereocenters. The molecule has 5 aliphatic rings. The monoisotopic (exact) mass is 272 g/mol. The molecule has 20 heavy (non-hydrogen) atoms. The second-order valence-corrected chi connectivity index (χ2v) is 6.71. The fourth-order valence-corrected chi connectivity index (χ4v) is 5.63. The summed E-state index contributed by atoms with van der Waals surface area (Å²) in [6.07, 6.45) is 9.91. The van der Waals surface area contributed by atoms with E-state index >= 15 is 0 Å². The van der Waals surface area contributed by atoms with Crippen LogP contribution < -0.4 is 0 Å². The van der Waals surface area contributed by atoms with Crippen molar-refractivity contribution < 1.29 is 19.1 Å². The first kappa shape index (κ1) is 11.1. The lowest BCUT2D eigenvalue weighted by Gasteiger charge is -2.52. The molecular formula is C16H16O4. The molecule has 5 rings (SSSR count). The van der Waals surface area contributed by atoms with Gasteiger partial charge in [-0.1, -0.05) is 31.4 Å². The highest BCUT2D eigenvalue weighted by atomic mass is 16.7. The van der Waals surface area contributed by atoms with Crippen LogP contribution in [0.3, 0.4) is 0 Å². The molecule has 104 valence electrons. The quantitative estimate of drug-likeness (QED) is 0.501. The Bertz CT molecular complexity index is 578. The molecule has 0 aromatic rings. The van der Waals surface area contributed by atoms with E-state index in [1.54, 1.807) is 0 Å². The Labute approximate surface area is 116 Å². The highest BCUT2D eigenvalue weighted by Crippen LogP contribution is 2.82. The molecule has 0 aromatic carbocycles. The van der Waals surface area contributed by atoms with E-state index in [2.05, 4.69) is 0 Å². The molecule has 1 spiro atoms. The summed E-state index contributed by atoms with van der Waals surface area (Å²) in [6.45, 7) is -0.237. The Morgan fingerprint density at radius 1 is 0.850 bits per heavy atom. The van der Waals surface area contributed by atoms with Gasteiger partial charge in [-0.15, -0.1) is 0 Å². The lowest BCUT2D eigenvalue weighted by molar-refractivity contribution is -0.196. The van der Waals surface area contributed by atoms with Crippen LogP contribution in [-0.2, 0) is 19.1 Å². The van der Waals surface area contributed by atoms with Crippen molar-refractivity contribution in [2.45, 2.75) is 38.5 Å². The van der Waals surface area contributed by atoms with Crippen LogP contribution in [0.2, 0.25) is 0 Å². The van der Waals surface area contributed by atoms with Gasteiger partial charge in [0.2, 0.25) is 6.79 Å². The van der Waals surface area contributed by atoms with E-state index in [0.717, 1.165) is 43.3 Å². The summed E-state index contributed by atoms with van der Waals surface area (Å²) in [5.41, 5.74) is 0.691. The molecule has 1 saturated heterocycles. The summed E-state index contributed by atoms with van der Waals surface area (Å²) >= 11 is 0. The van der Waals surface area contributed by atoms with E-state index < -0.39 is 10.8 Å². The van der Waals surface area contributed by atoms with Gasteiger partial charge in [-0.2, -0.15) is 0 Å². The van der Waals surface area contributed by atoms with Gasteiger partial charge in [0.15, 0.2) is 0 Å². The third kappa shape index (κ3) is 0.810. The van der Waals surface area contributed by atoms with Crippen LogP contribution in [0.25, 0.3) is 0 Å². The molecule has 4 nitrogen and oxygen atoms in total. The predicted molar refractivity (Wildman–Crippen MR) is 68.2 cm³/mol. The molecule has 4 aliphatic carbocycles. The molecule has 0 aromatic heterocycles. The average molecular weight is 272 g/mol. The van der Waals surface area contributed by atoms with Crippen molar-refractivity contribution in [3.05, 3.63) is 23.3 Å². The van der Waals surface area contributed by atoms with Gasteiger partial charge < -0.3 is 9.47 Å². The number of cyclic esters (lactones) is 2. The first-order valence-corrected chi connectivity index (χ1v) is 7.47. The van der Waals surface area contributed by atoms with Gasteiger partial charge in [0.05, 0.1) is 0 Å². The highest BCUT2D eigenvalue weighted by Gasteiger charge is 2.82. The van der Waals surface area contributed by atoms with Crippen molar-refractivity contribution in [1.82, 2.24) is 0 Å². The Morgan fingerprint density at radius 2 is 1.40 bits per heavy atom. The maximum absolute atomic E-state index is 12.7. The van der Waals surface area contributed by atoms with Crippen LogP contribution in [-0.4, -0.2) is 18.7 Å². The van der Waals surface area contributed by atoms with E-state index in [1.165, 1.54) is 6.42 Å². The molecule has 1 aliphatic heterocycles. The molecule has 2 bridgehead atoms. The Hall–Kier alpha value is -1.58. The number of carbonyl (C=O) groups excluding carboxylic acids is 2. The van der Waals surface area contributed by atoms with Gasteiger partial charge in [-0.05, 0) is 30.4 Å². The molecule has 1 heterocycles. The molecule has 0 N–H and O–H groups in total. The van der Waals surface area contributed by atoms with Crippen LogP contribution in [0.5, 0.6) is 0 Å². The van der Waals surface area contributed by atoms with Gasteiger partial charge in [0.1, 0.15) is 10.8 Å². The maximum atomic E-state index is 12.7. The van der Waals surface area contributed by atoms with Gasteiger partial charge in [0.25, 0.3) is 0 Å². The maximum Gasteiger partial charge on any atom is 0.323 e. The largest absolute Gasteiger partial charge is 0.427 e. The number of rotatable bonds is 0. The van der Waals surface area contributed by atoms with Crippen LogP contribution in [0.15, 0.2) is 23.3 Å². The van der Waals surface area contributed by atoms with E-state index in [-0.39, 0.29) is 24.1 Å². The summed E-state index contributed by atoms with van der Waals surface area (Å²) in [5.74, 6) is -0.403. The smallest absolute Gasteiger partial charge is 0.323 e. The van der Waals surface area contributed by atoms with Gasteiger partial charge in [-0.25, -0.2) is 0 Å². The summed E-state index contributed by atoms with van der Waals surface area (Å²) in [4.78, 5) is 25.4. The van der Waals surface area contributed by atoms with Crippen LogP contribution >= 0.6 is 0 Å². The standard InChI is InChI=1S/C16H16O4/c17-12-15-6-7-16(11-8-10(11)15,13(18)20-9-19-12)14(15)4-2-1-3-5-14/h6-7H,1-5,8-9H2/t15-,16+. The molecule has 0 radical (unpaired) electrons. The molecule has 0 amide bonds. The topological polar surface area (TPSA) is 52.6 Å². The zero-order chi connectivity index (χ0) is 13.6. The number of carbonyl (C=O) groups is 2. The number of esters is 2. The predicted octanol–water partition coefficient (Wildman–Crippen LogP) is 2.25. The molecular weight excluding hydrogens is 256 g/mol. The fourth-order valence-electron chi connectivity index (χ4n) is 5.63. The average Bonchev–Trinajstić information content (AvgIpc) is 3.18. The van der Waals surface area contributed by atoms with Crippen molar-refractivity contribution in [1.29, 1.82) is 0 Å². The van der Waals surface area contributed by atoms with Crippen LogP contribution in [0, 0.1) is 16.2 Å². The third-order valence-electron chi connectivity index (χ3n) is 6.37. The number of ether oxygens (including phenoxy) is 2. The lowest BCUT2D eigenvalue weighted by atomic mass is 9.50. The Kier molecular flexibility index (Phi) is 1.68. The normalized spacial score (nSPS) is 43.0. The van der Waals surface area contributed by atoms with E-state index in [9.17, 15) is 9.59 Å². The van der Waals surface area contributed by atoms with Crippen LogP contribution in [0.4, 0.5) is 0 Å². The molecule has 4 heteroatoms. The first-order valence-electron chi connectivity index (χ1n) is 7.47. The molecule has 1 saturated carbocycles. The second-order valence-electron chi connectivity index (χ2n) is 6.71. The highest BCUT2D eigenvalue weighted by molar-refractivity contribution is 6.01. The SMILES string of the molecule is O=C1OCOC(=O)[C@]23C=C[C@]1(C1=C2C1)C31CCCCC1. The van der Waals surface area contributed by atoms with Crippen molar-refractivity contribution in [2.24, 2.45) is 16.2 Å². The van der Waals surface area contributed by atoms with Crippen molar-refractivity contribution >= 4 is 11.9 Å². The zero-order valence-electron chi connectivity index (χ0n) is 11.2. The Balaban J connectivity index is 1.81. The first-order chi connectivity index (χ1) is 9.69. The minimum absolute atomic E-state index is 0.201. The van der Waals surface area contributed by atoms with Crippen molar-refractivity contribution in [3.63, 3.8) is 0 Å². The second kappa shape index (κ2) is 3.02. The summed E-state index contributed by atoms with van der Waals surface area (Å²) in [7, 11) is 0. The van der Waals surface area contributed by atoms with Gasteiger partial charge in [0, 0.05) is 5.41 Å². The van der Waals surface area contributed by atoms with E-state index in [4.69, 9.17) is 9.47 Å². The minimum atomic E-state index is -0.651. The van der Waals surface area contributed by atoms with Crippen molar-refractivity contribution in [3.8, 4) is 0 Å². The summed E-state index contributed by atoms with van der Waals surface area (Å²) in [6, 6.07) is 0. The zero-order valence-corrected chi connectivity index (χ0v) is 11.2. The Morgan fingerprint density at radius 3 is 1.95 bits per heavy atom. The van der Waals surface area contributed by atoms with Crippen molar-refractivity contribution in [2.75, 3.05) is 6.79 Å². The third-order valence-corrected chi connectivity index (χ3v) is 6.37. The van der Waals surface area contributed by atoms with Gasteiger partial charge in [-0.3, -0.25) is 9.59 Å². The lowest BCUT2D eigenvalue weighted by Crippen LogP contribution is -2.56. The van der Waals surface area contributed by atoms with E-state index in [0.29, 0.717) is 0 Å². The van der Waals surface area contributed by atoms with Gasteiger partial charge >= 0.3 is 11.9 Å². The summed E-state index contributed by atoms with van der Waals surface area (Å²) in [5, 5.41) is 0. The minimum Gasteiger partial charge on any atom is -0.427 e. The van der Waals surface area contributed by atoms with Crippen LogP contribution in [0.1, 0.15) is 38.5 Å². The number of hydrogen-bond acceptors (Lipinski definition) is 4. The number of hydrogen-bond donors (Lipinski definition) is 0. The summed E-state index contributed by atoms with van der Waals surface area (Å²) < 4.78 is 10.5. The fraction of sp³-hybridized carbons (Fsp3) is 0.625.